The molecule has 0 fully saturated rings. The predicted molar refractivity (Wildman–Crippen MR) is 74.6 cm³/mol. The molecule has 0 aliphatic heterocycles. The van der Waals surface area contributed by atoms with E-state index in [1.165, 1.54) is 11.9 Å². The Bertz CT molecular complexity index is 674. The summed E-state index contributed by atoms with van der Waals surface area (Å²) in [4.78, 5) is 25.1. The van der Waals surface area contributed by atoms with Crippen molar-refractivity contribution in [2.24, 2.45) is 0 Å². The number of hydrogen-bond donors (Lipinski definition) is 3. The van der Waals surface area contributed by atoms with Gasteiger partial charge in [-0.3, -0.25) is 14.7 Å². The summed E-state index contributed by atoms with van der Waals surface area (Å²) >= 11 is 0. The van der Waals surface area contributed by atoms with Crippen LogP contribution in [0.3, 0.4) is 0 Å². The number of anilines is 2. The van der Waals surface area contributed by atoms with Crippen LogP contribution in [0.2, 0.25) is 0 Å². The number of aromatic nitrogens is 3. The van der Waals surface area contributed by atoms with Crippen molar-refractivity contribution < 1.29 is 14.1 Å². The summed E-state index contributed by atoms with van der Waals surface area (Å²) < 4.78 is 4.83. The van der Waals surface area contributed by atoms with E-state index >= 15 is 0 Å². The molecule has 0 aliphatic rings. The Hall–Kier alpha value is -2.84. The van der Waals surface area contributed by atoms with E-state index in [2.05, 4.69) is 20.7 Å². The molecule has 2 rings (SSSR count). The molecule has 2 amide bonds. The average Bonchev–Trinajstić information content (AvgIpc) is 2.96. The average molecular weight is 292 g/mol. The first-order chi connectivity index (χ1) is 9.88. The van der Waals surface area contributed by atoms with Gasteiger partial charge in [0.2, 0.25) is 5.91 Å². The maximum Gasteiger partial charge on any atom is 0.276 e. The zero-order valence-electron chi connectivity index (χ0n) is 11.9. The van der Waals surface area contributed by atoms with E-state index in [4.69, 9.17) is 10.3 Å². The second-order valence-electron chi connectivity index (χ2n) is 4.64. The molecular formula is C12H16N6O3. The van der Waals surface area contributed by atoms with Crippen molar-refractivity contribution in [3.8, 4) is 0 Å². The van der Waals surface area contributed by atoms with Gasteiger partial charge in [-0.25, -0.2) is 0 Å². The molecule has 2 aromatic heterocycles. The number of amides is 2. The molecule has 2 aromatic rings. The number of nitrogens with two attached hydrogens (primary N) is 1. The lowest BCUT2D eigenvalue weighted by molar-refractivity contribution is -0.116. The number of aromatic amines is 1. The van der Waals surface area contributed by atoms with E-state index in [1.54, 1.807) is 19.9 Å². The van der Waals surface area contributed by atoms with Crippen molar-refractivity contribution in [2.75, 3.05) is 24.6 Å². The van der Waals surface area contributed by atoms with Crippen molar-refractivity contribution in [2.45, 2.75) is 13.8 Å². The monoisotopic (exact) mass is 292 g/mol. The van der Waals surface area contributed by atoms with E-state index in [0.717, 1.165) is 0 Å². The number of aryl methyl sites for hydroxylation is 2. The molecule has 2 heterocycles. The molecule has 0 saturated heterocycles. The molecule has 0 unspecified atom stereocenters. The van der Waals surface area contributed by atoms with Gasteiger partial charge in [0.25, 0.3) is 5.91 Å². The Kier molecular flexibility index (Phi) is 3.92. The van der Waals surface area contributed by atoms with Gasteiger partial charge in [0, 0.05) is 13.1 Å². The molecule has 0 saturated carbocycles. The molecule has 0 aliphatic carbocycles. The molecule has 0 spiro atoms. The summed E-state index contributed by atoms with van der Waals surface area (Å²) in [7, 11) is 1.49. The normalized spacial score (nSPS) is 10.4. The minimum absolute atomic E-state index is 0.0973. The van der Waals surface area contributed by atoms with Crippen molar-refractivity contribution in [1.82, 2.24) is 20.3 Å². The van der Waals surface area contributed by atoms with Gasteiger partial charge in [0.05, 0.1) is 17.9 Å². The van der Waals surface area contributed by atoms with Gasteiger partial charge in [-0.05, 0) is 13.8 Å². The summed E-state index contributed by atoms with van der Waals surface area (Å²) in [5.41, 5.74) is 6.71. The minimum Gasteiger partial charge on any atom is -0.395 e. The highest BCUT2D eigenvalue weighted by Crippen LogP contribution is 2.14. The van der Waals surface area contributed by atoms with E-state index in [1.807, 2.05) is 0 Å². The number of nitrogens with zero attached hydrogens (tertiary/aromatic N) is 3. The number of carbonyl (C=O) groups excluding carboxylic acids is 2. The van der Waals surface area contributed by atoms with Crippen LogP contribution in [0.25, 0.3) is 0 Å². The number of rotatable bonds is 4. The van der Waals surface area contributed by atoms with Gasteiger partial charge in [-0.15, -0.1) is 0 Å². The highest BCUT2D eigenvalue weighted by molar-refractivity contribution is 6.00. The van der Waals surface area contributed by atoms with Crippen LogP contribution < -0.4 is 11.1 Å². The first-order valence-electron chi connectivity index (χ1n) is 6.17. The highest BCUT2D eigenvalue weighted by atomic mass is 16.5. The van der Waals surface area contributed by atoms with E-state index in [9.17, 15) is 9.59 Å². The van der Waals surface area contributed by atoms with Gasteiger partial charge in [-0.2, -0.15) is 5.10 Å². The first-order valence-corrected chi connectivity index (χ1v) is 6.17. The quantitative estimate of drug-likeness (QED) is 0.743. The zero-order valence-corrected chi connectivity index (χ0v) is 11.9. The third-order valence-electron chi connectivity index (χ3n) is 2.82. The Morgan fingerprint density at radius 1 is 1.48 bits per heavy atom. The van der Waals surface area contributed by atoms with Gasteiger partial charge >= 0.3 is 0 Å². The molecule has 112 valence electrons. The largest absolute Gasteiger partial charge is 0.395 e. The highest BCUT2D eigenvalue weighted by Gasteiger charge is 2.21. The van der Waals surface area contributed by atoms with E-state index in [0.29, 0.717) is 17.3 Å². The standard InChI is InChI=1S/C12H16N6O3/c1-6-4-8(17-21-6)14-9(19)5-18(3)12(20)11-10(13)7(2)15-16-11/h4H,5,13H2,1-3H3,(H,15,16)(H,14,17,19). The molecular weight excluding hydrogens is 276 g/mol. The fraction of sp³-hybridized carbons (Fsp3) is 0.333. The van der Waals surface area contributed by atoms with Gasteiger partial charge in [-0.1, -0.05) is 5.16 Å². The van der Waals surface area contributed by atoms with Gasteiger partial charge in [0.15, 0.2) is 11.5 Å². The lowest BCUT2D eigenvalue weighted by Gasteiger charge is -2.15. The van der Waals surface area contributed by atoms with Crippen LogP contribution in [0.4, 0.5) is 11.5 Å². The summed E-state index contributed by atoms with van der Waals surface area (Å²) in [6.07, 6.45) is 0. The van der Waals surface area contributed by atoms with Gasteiger partial charge in [0.1, 0.15) is 5.76 Å². The van der Waals surface area contributed by atoms with Crippen molar-refractivity contribution >= 4 is 23.3 Å². The number of nitrogens with one attached hydrogen (secondary N) is 2. The number of hydrogen-bond acceptors (Lipinski definition) is 6. The maximum absolute atomic E-state index is 12.1. The number of H-pyrrole nitrogens is 1. The zero-order chi connectivity index (χ0) is 15.6. The molecule has 0 radical (unpaired) electrons. The lowest BCUT2D eigenvalue weighted by Crippen LogP contribution is -2.35. The molecule has 21 heavy (non-hydrogen) atoms. The number of nitrogen functional groups attached to an aromatic ring is 1. The Morgan fingerprint density at radius 3 is 2.71 bits per heavy atom. The van der Waals surface area contributed by atoms with Crippen LogP contribution >= 0.6 is 0 Å². The fourth-order valence-corrected chi connectivity index (χ4v) is 1.68. The Balaban J connectivity index is 1.97. The first kappa shape index (κ1) is 14.6. The van der Waals surface area contributed by atoms with Crippen LogP contribution in [0, 0.1) is 13.8 Å². The summed E-state index contributed by atoms with van der Waals surface area (Å²) in [5, 5.41) is 12.6. The van der Waals surface area contributed by atoms with Crippen LogP contribution in [0.15, 0.2) is 10.6 Å². The predicted octanol–water partition coefficient (Wildman–Crippen LogP) is 0.307. The Labute approximate surface area is 120 Å². The molecule has 0 aromatic carbocycles. The van der Waals surface area contributed by atoms with E-state index < -0.39 is 11.8 Å². The topological polar surface area (TPSA) is 130 Å². The van der Waals surface area contributed by atoms with Crippen molar-refractivity contribution in [1.29, 1.82) is 0 Å². The molecule has 0 atom stereocenters. The smallest absolute Gasteiger partial charge is 0.276 e. The SMILES string of the molecule is Cc1cc(NC(=O)CN(C)C(=O)c2n[nH]c(C)c2N)no1. The molecule has 0 bridgehead atoms. The molecule has 9 heteroatoms. The second kappa shape index (κ2) is 5.65. The summed E-state index contributed by atoms with van der Waals surface area (Å²) in [5.74, 6) is 0.0382. The molecule has 9 nitrogen and oxygen atoms in total. The summed E-state index contributed by atoms with van der Waals surface area (Å²) in [6.45, 7) is 3.26. The number of likely N-dealkylation sites (N-methyl/N-ethyl adjacent to an activating group) is 1. The van der Waals surface area contributed by atoms with E-state index in [-0.39, 0.29) is 17.9 Å². The number of carbonyl (C=O) groups is 2. The van der Waals surface area contributed by atoms with Gasteiger partial charge < -0.3 is 20.5 Å². The van der Waals surface area contributed by atoms with Crippen LogP contribution in [-0.4, -0.2) is 45.7 Å². The fourth-order valence-electron chi connectivity index (χ4n) is 1.68. The third kappa shape index (κ3) is 3.19. The molecule has 4 N–H and O–H groups in total. The third-order valence-corrected chi connectivity index (χ3v) is 2.82. The summed E-state index contributed by atoms with van der Waals surface area (Å²) in [6, 6.07) is 1.58. The lowest BCUT2D eigenvalue weighted by atomic mass is 10.3. The van der Waals surface area contributed by atoms with Crippen molar-refractivity contribution in [3.05, 3.63) is 23.2 Å². The Morgan fingerprint density at radius 2 is 2.19 bits per heavy atom. The minimum atomic E-state index is -0.441. The second-order valence-corrected chi connectivity index (χ2v) is 4.64. The maximum atomic E-state index is 12.1. The van der Waals surface area contributed by atoms with Crippen LogP contribution in [0.1, 0.15) is 21.9 Å². The van der Waals surface area contributed by atoms with Crippen molar-refractivity contribution in [3.63, 3.8) is 0 Å². The van der Waals surface area contributed by atoms with Crippen LogP contribution in [-0.2, 0) is 4.79 Å². The van der Waals surface area contributed by atoms with Crippen LogP contribution in [0.5, 0.6) is 0 Å².